The average molecular weight is 310 g/mol. The van der Waals surface area contributed by atoms with Gasteiger partial charge in [0.2, 0.25) is 0 Å². The molecule has 1 aromatic carbocycles. The molecular weight excluding hydrogens is 294 g/mol. The van der Waals surface area contributed by atoms with Crippen molar-refractivity contribution in [3.63, 3.8) is 0 Å². The topological polar surface area (TPSA) is 12.0 Å². The van der Waals surface area contributed by atoms with Gasteiger partial charge in [-0.2, -0.15) is 0 Å². The quantitative estimate of drug-likeness (QED) is 0.890. The Bertz CT molecular complexity index is 505. The Kier molecular flexibility index (Phi) is 4.37. The van der Waals surface area contributed by atoms with Crippen LogP contribution in [0.3, 0.4) is 0 Å². The van der Waals surface area contributed by atoms with Crippen LogP contribution < -0.4 is 5.32 Å². The largest absolute Gasteiger partial charge is 0.319 e. The van der Waals surface area contributed by atoms with E-state index in [2.05, 4.69) is 58.5 Å². The molecule has 0 saturated heterocycles. The van der Waals surface area contributed by atoms with E-state index >= 15 is 0 Å². The minimum Gasteiger partial charge on any atom is -0.319 e. The lowest BCUT2D eigenvalue weighted by molar-refractivity contribution is 0.799. The molecule has 0 aliphatic carbocycles. The van der Waals surface area contributed by atoms with Crippen LogP contribution in [0.2, 0.25) is 0 Å². The van der Waals surface area contributed by atoms with Crippen LogP contribution in [0.1, 0.15) is 10.4 Å². The van der Waals surface area contributed by atoms with Crippen molar-refractivity contribution in [1.82, 2.24) is 5.32 Å². The van der Waals surface area contributed by atoms with Gasteiger partial charge in [-0.15, -0.1) is 11.3 Å². The normalized spacial score (nSPS) is 10.8. The van der Waals surface area contributed by atoms with Gasteiger partial charge in [0.05, 0.1) is 0 Å². The fourth-order valence-corrected chi connectivity index (χ4v) is 3.04. The fraction of sp³-hybridized carbons (Fsp3) is 0.286. The van der Waals surface area contributed by atoms with Gasteiger partial charge in [0.15, 0.2) is 0 Å². The first-order chi connectivity index (χ1) is 8.20. The molecule has 0 aliphatic rings. The second-order valence-electron chi connectivity index (χ2n) is 4.08. The summed E-state index contributed by atoms with van der Waals surface area (Å²) in [6, 6.07) is 11.0. The van der Waals surface area contributed by atoms with Crippen LogP contribution in [0, 0.1) is 6.92 Å². The van der Waals surface area contributed by atoms with Gasteiger partial charge in [0.25, 0.3) is 0 Å². The van der Waals surface area contributed by atoms with Gasteiger partial charge in [-0.1, -0.05) is 28.1 Å². The van der Waals surface area contributed by atoms with Crippen molar-refractivity contribution < 1.29 is 0 Å². The molecule has 3 heteroatoms. The fourth-order valence-electron chi connectivity index (χ4n) is 1.66. The zero-order valence-electron chi connectivity index (χ0n) is 10.1. The first kappa shape index (κ1) is 12.8. The number of thiophene rings is 1. The molecule has 0 fully saturated rings. The van der Waals surface area contributed by atoms with Crippen LogP contribution >= 0.6 is 27.3 Å². The Morgan fingerprint density at radius 1 is 1.24 bits per heavy atom. The summed E-state index contributed by atoms with van der Waals surface area (Å²) < 4.78 is 1.18. The third kappa shape index (κ3) is 3.18. The van der Waals surface area contributed by atoms with Gasteiger partial charge >= 0.3 is 0 Å². The van der Waals surface area contributed by atoms with Crippen molar-refractivity contribution in [3.8, 4) is 10.4 Å². The Labute approximate surface area is 115 Å². The van der Waals surface area contributed by atoms with E-state index in [0.29, 0.717) is 0 Å². The van der Waals surface area contributed by atoms with Gasteiger partial charge in [-0.05, 0) is 56.3 Å². The van der Waals surface area contributed by atoms with Crippen LogP contribution in [-0.4, -0.2) is 13.6 Å². The first-order valence-electron chi connectivity index (χ1n) is 5.70. The van der Waals surface area contributed by atoms with Gasteiger partial charge < -0.3 is 5.32 Å². The standard InChI is InChI=1S/C14H16BrNS/c1-10-3-4-11(9-13(10)15)14-6-5-12(17-14)7-8-16-2/h3-6,9,16H,7-8H2,1-2H3. The van der Waals surface area contributed by atoms with E-state index in [1.807, 2.05) is 18.4 Å². The Balaban J connectivity index is 2.21. The molecule has 0 saturated carbocycles. The van der Waals surface area contributed by atoms with Gasteiger partial charge in [-0.25, -0.2) is 0 Å². The number of likely N-dealkylation sites (N-methyl/N-ethyl adjacent to an activating group) is 1. The number of rotatable bonds is 4. The maximum atomic E-state index is 3.59. The predicted octanol–water partition coefficient (Wildman–Crippen LogP) is 4.25. The molecule has 0 bridgehead atoms. The number of aryl methyl sites for hydroxylation is 1. The van der Waals surface area contributed by atoms with E-state index in [4.69, 9.17) is 0 Å². The van der Waals surface area contributed by atoms with Crippen molar-refractivity contribution >= 4 is 27.3 Å². The number of halogens is 1. The predicted molar refractivity (Wildman–Crippen MR) is 79.8 cm³/mol. The second-order valence-corrected chi connectivity index (χ2v) is 6.11. The van der Waals surface area contributed by atoms with E-state index in [-0.39, 0.29) is 0 Å². The molecule has 1 aromatic heterocycles. The summed E-state index contributed by atoms with van der Waals surface area (Å²) in [6.07, 6.45) is 1.11. The number of nitrogens with one attached hydrogen (secondary N) is 1. The second kappa shape index (κ2) is 5.80. The molecule has 0 unspecified atom stereocenters. The van der Waals surface area contributed by atoms with Gasteiger partial charge in [0, 0.05) is 14.2 Å². The van der Waals surface area contributed by atoms with E-state index < -0.39 is 0 Å². The average Bonchev–Trinajstić information content (AvgIpc) is 2.79. The highest BCUT2D eigenvalue weighted by Gasteiger charge is 2.04. The monoisotopic (exact) mass is 309 g/mol. The summed E-state index contributed by atoms with van der Waals surface area (Å²) in [7, 11) is 1.99. The molecule has 17 heavy (non-hydrogen) atoms. The van der Waals surface area contributed by atoms with Crippen molar-refractivity contribution in [1.29, 1.82) is 0 Å². The number of hydrogen-bond donors (Lipinski definition) is 1. The minimum absolute atomic E-state index is 1.04. The molecule has 1 nitrogen and oxygen atoms in total. The van der Waals surface area contributed by atoms with E-state index in [0.717, 1.165) is 13.0 Å². The molecule has 2 aromatic rings. The zero-order chi connectivity index (χ0) is 12.3. The summed E-state index contributed by atoms with van der Waals surface area (Å²) in [4.78, 5) is 2.78. The third-order valence-electron chi connectivity index (χ3n) is 2.74. The van der Waals surface area contributed by atoms with E-state index in [1.165, 1.54) is 25.4 Å². The van der Waals surface area contributed by atoms with Crippen LogP contribution in [0.15, 0.2) is 34.8 Å². The lowest BCUT2D eigenvalue weighted by atomic mass is 10.1. The van der Waals surface area contributed by atoms with Crippen molar-refractivity contribution in [2.24, 2.45) is 0 Å². The van der Waals surface area contributed by atoms with Crippen molar-refractivity contribution in [3.05, 3.63) is 45.2 Å². The first-order valence-corrected chi connectivity index (χ1v) is 7.31. The number of hydrogen-bond acceptors (Lipinski definition) is 2. The van der Waals surface area contributed by atoms with Crippen LogP contribution in [0.25, 0.3) is 10.4 Å². The lowest BCUT2D eigenvalue weighted by Crippen LogP contribution is -2.09. The van der Waals surface area contributed by atoms with Gasteiger partial charge in [-0.3, -0.25) is 0 Å². The maximum Gasteiger partial charge on any atom is 0.0346 e. The van der Waals surface area contributed by atoms with Crippen molar-refractivity contribution in [2.45, 2.75) is 13.3 Å². The maximum absolute atomic E-state index is 3.59. The van der Waals surface area contributed by atoms with E-state index in [9.17, 15) is 0 Å². The van der Waals surface area contributed by atoms with Gasteiger partial charge in [0.1, 0.15) is 0 Å². The SMILES string of the molecule is CNCCc1ccc(-c2ccc(C)c(Br)c2)s1. The summed E-state index contributed by atoms with van der Waals surface area (Å²) in [5, 5.41) is 3.18. The summed E-state index contributed by atoms with van der Waals surface area (Å²) in [5.74, 6) is 0. The summed E-state index contributed by atoms with van der Waals surface area (Å²) >= 11 is 5.47. The smallest absolute Gasteiger partial charge is 0.0346 e. The Morgan fingerprint density at radius 2 is 2.06 bits per heavy atom. The van der Waals surface area contributed by atoms with Crippen LogP contribution in [-0.2, 0) is 6.42 Å². The lowest BCUT2D eigenvalue weighted by Gasteiger charge is -2.01. The molecule has 0 spiro atoms. The zero-order valence-corrected chi connectivity index (χ0v) is 12.5. The molecule has 0 amide bonds. The van der Waals surface area contributed by atoms with Crippen LogP contribution in [0.4, 0.5) is 0 Å². The molecule has 1 heterocycles. The highest BCUT2D eigenvalue weighted by atomic mass is 79.9. The molecule has 2 rings (SSSR count). The molecule has 0 atom stereocenters. The molecule has 90 valence electrons. The molecule has 0 aliphatic heterocycles. The Morgan fingerprint density at radius 3 is 2.76 bits per heavy atom. The minimum atomic E-state index is 1.04. The molecular formula is C14H16BrNS. The highest BCUT2D eigenvalue weighted by Crippen LogP contribution is 2.31. The molecule has 0 radical (unpaired) electrons. The Hall–Kier alpha value is -0.640. The third-order valence-corrected chi connectivity index (χ3v) is 4.79. The highest BCUT2D eigenvalue weighted by molar-refractivity contribution is 9.10. The van der Waals surface area contributed by atoms with Crippen LogP contribution in [0.5, 0.6) is 0 Å². The summed E-state index contributed by atoms with van der Waals surface area (Å²) in [5.41, 5.74) is 2.57. The summed E-state index contributed by atoms with van der Waals surface area (Å²) in [6.45, 7) is 3.15. The van der Waals surface area contributed by atoms with E-state index in [1.54, 1.807) is 0 Å². The van der Waals surface area contributed by atoms with Crippen molar-refractivity contribution in [2.75, 3.05) is 13.6 Å². The number of benzene rings is 1. The molecule has 1 N–H and O–H groups in total.